The predicted molar refractivity (Wildman–Crippen MR) is 38.0 cm³/mol. The SMILES string of the molecule is C/C(O)=C1/C(=O)CN(C)C1=O. The number of rotatable bonds is 0. The Kier molecular flexibility index (Phi) is 1.68. The van der Waals surface area contributed by atoms with E-state index in [4.69, 9.17) is 5.11 Å². The number of likely N-dealkylation sites (N-methyl/N-ethyl adjacent to an activating group) is 1. The maximum atomic E-state index is 11.0. The second-order valence-electron chi connectivity index (χ2n) is 2.54. The summed E-state index contributed by atoms with van der Waals surface area (Å²) in [6.07, 6.45) is 0. The standard InChI is InChI=1S/C7H9NO3/c1-4(9)6-5(10)3-8(2)7(6)11/h9H,3H2,1-2H3/b6-4+. The smallest absolute Gasteiger partial charge is 0.261 e. The lowest BCUT2D eigenvalue weighted by Gasteiger charge is -2.02. The number of hydrogen-bond acceptors (Lipinski definition) is 3. The summed E-state index contributed by atoms with van der Waals surface area (Å²) in [6, 6.07) is 0. The molecule has 1 saturated heterocycles. The number of aliphatic hydroxyl groups excluding tert-OH is 1. The van der Waals surface area contributed by atoms with Gasteiger partial charge in [0.15, 0.2) is 5.78 Å². The Morgan fingerprint density at radius 2 is 2.09 bits per heavy atom. The van der Waals surface area contributed by atoms with E-state index in [1.54, 1.807) is 0 Å². The van der Waals surface area contributed by atoms with Gasteiger partial charge in [-0.15, -0.1) is 0 Å². The molecule has 0 bridgehead atoms. The van der Waals surface area contributed by atoms with Gasteiger partial charge in [-0.3, -0.25) is 9.59 Å². The molecule has 1 aliphatic rings. The summed E-state index contributed by atoms with van der Waals surface area (Å²) in [6.45, 7) is 1.41. The van der Waals surface area contributed by atoms with Crippen LogP contribution in [0.2, 0.25) is 0 Å². The van der Waals surface area contributed by atoms with Gasteiger partial charge in [0, 0.05) is 7.05 Å². The fourth-order valence-corrected chi connectivity index (χ4v) is 1.03. The largest absolute Gasteiger partial charge is 0.512 e. The van der Waals surface area contributed by atoms with Crippen LogP contribution in [0.5, 0.6) is 0 Å². The van der Waals surface area contributed by atoms with Crippen LogP contribution in [0.3, 0.4) is 0 Å². The molecular weight excluding hydrogens is 146 g/mol. The van der Waals surface area contributed by atoms with E-state index >= 15 is 0 Å². The molecule has 0 unspecified atom stereocenters. The molecule has 1 N–H and O–H groups in total. The average Bonchev–Trinajstić information content (AvgIpc) is 2.07. The summed E-state index contributed by atoms with van der Waals surface area (Å²) in [7, 11) is 1.52. The van der Waals surface area contributed by atoms with Crippen LogP contribution >= 0.6 is 0 Å². The Morgan fingerprint density at radius 3 is 2.27 bits per heavy atom. The maximum Gasteiger partial charge on any atom is 0.261 e. The lowest BCUT2D eigenvalue weighted by molar-refractivity contribution is -0.123. The third-order valence-corrected chi connectivity index (χ3v) is 1.58. The second kappa shape index (κ2) is 2.38. The molecule has 0 aromatic carbocycles. The van der Waals surface area contributed by atoms with Gasteiger partial charge in [-0.2, -0.15) is 0 Å². The Hall–Kier alpha value is -1.32. The van der Waals surface area contributed by atoms with Crippen molar-refractivity contribution >= 4 is 11.7 Å². The molecule has 0 aromatic heterocycles. The number of likely N-dealkylation sites (tertiary alicyclic amines) is 1. The van der Waals surface area contributed by atoms with Crippen LogP contribution in [0.4, 0.5) is 0 Å². The first-order valence-corrected chi connectivity index (χ1v) is 3.22. The average molecular weight is 155 g/mol. The molecule has 0 atom stereocenters. The van der Waals surface area contributed by atoms with E-state index in [0.717, 1.165) is 0 Å². The Balaban J connectivity index is 3.09. The van der Waals surface area contributed by atoms with Gasteiger partial charge in [-0.25, -0.2) is 0 Å². The van der Waals surface area contributed by atoms with Crippen molar-refractivity contribution in [2.75, 3.05) is 13.6 Å². The molecule has 1 fully saturated rings. The summed E-state index contributed by atoms with van der Waals surface area (Å²) in [4.78, 5) is 23.3. The Labute approximate surface area is 64.1 Å². The van der Waals surface area contributed by atoms with Gasteiger partial charge < -0.3 is 10.0 Å². The number of aliphatic hydroxyl groups is 1. The summed E-state index contributed by atoms with van der Waals surface area (Å²) in [5, 5.41) is 8.92. The number of allylic oxidation sites excluding steroid dienone is 1. The minimum absolute atomic E-state index is 0.0755. The molecule has 1 heterocycles. The van der Waals surface area contributed by atoms with Crippen molar-refractivity contribution in [3.05, 3.63) is 11.3 Å². The van der Waals surface area contributed by atoms with Crippen molar-refractivity contribution in [3.8, 4) is 0 Å². The first kappa shape index (κ1) is 7.78. The van der Waals surface area contributed by atoms with E-state index in [9.17, 15) is 9.59 Å². The molecule has 4 heteroatoms. The second-order valence-corrected chi connectivity index (χ2v) is 2.54. The van der Waals surface area contributed by atoms with Gasteiger partial charge in [0.05, 0.1) is 6.54 Å². The zero-order chi connectivity index (χ0) is 8.59. The number of amides is 1. The molecular formula is C7H9NO3. The molecule has 0 aliphatic carbocycles. The van der Waals surface area contributed by atoms with E-state index in [0.29, 0.717) is 0 Å². The molecule has 1 rings (SSSR count). The monoisotopic (exact) mass is 155 g/mol. The van der Waals surface area contributed by atoms with Crippen LogP contribution in [-0.4, -0.2) is 35.3 Å². The van der Waals surface area contributed by atoms with Gasteiger partial charge >= 0.3 is 0 Å². The minimum Gasteiger partial charge on any atom is -0.512 e. The highest BCUT2D eigenvalue weighted by atomic mass is 16.3. The predicted octanol–water partition coefficient (Wildman–Crippen LogP) is -0.141. The van der Waals surface area contributed by atoms with Crippen LogP contribution in [0.15, 0.2) is 11.3 Å². The Morgan fingerprint density at radius 1 is 1.55 bits per heavy atom. The van der Waals surface area contributed by atoms with Crippen molar-refractivity contribution in [1.29, 1.82) is 0 Å². The quantitative estimate of drug-likeness (QED) is 0.301. The number of Topliss-reactive ketones (excluding diaryl/α,β-unsaturated/α-hetero) is 1. The van der Waals surface area contributed by atoms with Crippen molar-refractivity contribution in [3.63, 3.8) is 0 Å². The van der Waals surface area contributed by atoms with E-state index in [1.807, 2.05) is 0 Å². The fourth-order valence-electron chi connectivity index (χ4n) is 1.03. The molecule has 0 spiro atoms. The zero-order valence-electron chi connectivity index (χ0n) is 6.42. The topological polar surface area (TPSA) is 57.6 Å². The molecule has 11 heavy (non-hydrogen) atoms. The zero-order valence-corrected chi connectivity index (χ0v) is 6.42. The maximum absolute atomic E-state index is 11.0. The van der Waals surface area contributed by atoms with Crippen LogP contribution in [-0.2, 0) is 9.59 Å². The van der Waals surface area contributed by atoms with Crippen LogP contribution in [0.25, 0.3) is 0 Å². The van der Waals surface area contributed by atoms with Crippen molar-refractivity contribution in [1.82, 2.24) is 4.90 Å². The summed E-state index contributed by atoms with van der Waals surface area (Å²) >= 11 is 0. The number of ketones is 1. The third kappa shape index (κ3) is 1.11. The lowest BCUT2D eigenvalue weighted by atomic mass is 10.2. The van der Waals surface area contributed by atoms with Crippen LogP contribution in [0.1, 0.15) is 6.92 Å². The van der Waals surface area contributed by atoms with Crippen LogP contribution < -0.4 is 0 Å². The van der Waals surface area contributed by atoms with Gasteiger partial charge in [0.1, 0.15) is 11.3 Å². The molecule has 1 amide bonds. The van der Waals surface area contributed by atoms with Crippen LogP contribution in [0, 0.1) is 0 Å². The Bertz CT molecular complexity index is 250. The molecule has 60 valence electrons. The lowest BCUT2D eigenvalue weighted by Crippen LogP contribution is -2.19. The van der Waals surface area contributed by atoms with Gasteiger partial charge in [0.2, 0.25) is 0 Å². The first-order chi connectivity index (χ1) is 5.04. The van der Waals surface area contributed by atoms with Crippen molar-refractivity contribution < 1.29 is 14.7 Å². The van der Waals surface area contributed by atoms with Crippen molar-refractivity contribution in [2.45, 2.75) is 6.92 Å². The third-order valence-electron chi connectivity index (χ3n) is 1.58. The fraction of sp³-hybridized carbons (Fsp3) is 0.429. The van der Waals surface area contributed by atoms with E-state index in [1.165, 1.54) is 18.9 Å². The molecule has 1 aliphatic heterocycles. The number of nitrogens with zero attached hydrogens (tertiary/aromatic N) is 1. The molecule has 4 nitrogen and oxygen atoms in total. The number of carbonyl (C=O) groups is 2. The van der Waals surface area contributed by atoms with Crippen molar-refractivity contribution in [2.24, 2.45) is 0 Å². The highest BCUT2D eigenvalue weighted by Crippen LogP contribution is 2.14. The number of carbonyl (C=O) groups excluding carboxylic acids is 2. The highest BCUT2D eigenvalue weighted by molar-refractivity contribution is 6.25. The van der Waals surface area contributed by atoms with E-state index in [2.05, 4.69) is 0 Å². The van der Waals surface area contributed by atoms with Gasteiger partial charge in [-0.05, 0) is 6.92 Å². The summed E-state index contributed by atoms with van der Waals surface area (Å²) in [5.74, 6) is -0.892. The van der Waals surface area contributed by atoms with E-state index in [-0.39, 0.29) is 23.7 Å². The molecule has 0 saturated carbocycles. The minimum atomic E-state index is -0.394. The number of hydrogen-bond donors (Lipinski definition) is 1. The molecule has 0 radical (unpaired) electrons. The molecule has 0 aromatic rings. The summed E-state index contributed by atoms with van der Waals surface area (Å²) < 4.78 is 0. The summed E-state index contributed by atoms with van der Waals surface area (Å²) in [5.41, 5.74) is -0.0764. The van der Waals surface area contributed by atoms with Gasteiger partial charge in [-0.1, -0.05) is 0 Å². The van der Waals surface area contributed by atoms with Gasteiger partial charge in [0.25, 0.3) is 5.91 Å². The van der Waals surface area contributed by atoms with E-state index < -0.39 is 5.91 Å². The highest BCUT2D eigenvalue weighted by Gasteiger charge is 2.32. The normalized spacial score (nSPS) is 22.9. The first-order valence-electron chi connectivity index (χ1n) is 3.22.